The summed E-state index contributed by atoms with van der Waals surface area (Å²) in [5, 5.41) is 0. The van der Waals surface area contributed by atoms with Gasteiger partial charge in [-0.3, -0.25) is 4.79 Å². The quantitative estimate of drug-likeness (QED) is 0.284. The number of carbonyl (C=O) groups is 1. The standard InChI is InChI=1S/C32H52O2/c1-21(33)34-26-13-14-30(7)24(28(26,4)5)12-15-32(9)25(30)11-10-22-23-20-27(2,3)16-17-29(23,6)18-19-31(22,32)8/h10-11,22-26H,12-20H2,1-9H3/t22-,23-,24+,25-,26+,29-,30+,31-,32-/m1/s1. The van der Waals surface area contributed by atoms with Gasteiger partial charge in [0.05, 0.1) is 0 Å². The van der Waals surface area contributed by atoms with Gasteiger partial charge in [-0.1, -0.05) is 67.5 Å². The van der Waals surface area contributed by atoms with Crippen molar-refractivity contribution in [2.24, 2.45) is 56.2 Å². The first-order chi connectivity index (χ1) is 15.6. The van der Waals surface area contributed by atoms with Gasteiger partial charge < -0.3 is 4.74 Å². The van der Waals surface area contributed by atoms with Gasteiger partial charge in [0.15, 0.2) is 0 Å². The van der Waals surface area contributed by atoms with E-state index in [4.69, 9.17) is 4.74 Å². The zero-order chi connectivity index (χ0) is 24.9. The van der Waals surface area contributed by atoms with Gasteiger partial charge in [0.2, 0.25) is 0 Å². The number of esters is 1. The van der Waals surface area contributed by atoms with E-state index in [1.54, 1.807) is 6.92 Å². The zero-order valence-electron chi connectivity index (χ0n) is 23.7. The Kier molecular flexibility index (Phi) is 5.40. The molecule has 4 fully saturated rings. The molecule has 5 aliphatic rings. The van der Waals surface area contributed by atoms with Gasteiger partial charge in [-0.05, 0) is 109 Å². The first kappa shape index (κ1) is 24.9. The van der Waals surface area contributed by atoms with Crippen LogP contribution >= 0.6 is 0 Å². The third-order valence-electron chi connectivity index (χ3n) is 13.4. The van der Waals surface area contributed by atoms with Crippen LogP contribution in [0.2, 0.25) is 0 Å². The molecule has 0 heterocycles. The summed E-state index contributed by atoms with van der Waals surface area (Å²) in [6.45, 7) is 22.0. The van der Waals surface area contributed by atoms with Gasteiger partial charge >= 0.3 is 5.97 Å². The number of hydrogen-bond acceptors (Lipinski definition) is 2. The highest BCUT2D eigenvalue weighted by Crippen LogP contribution is 2.75. The zero-order valence-corrected chi connectivity index (χ0v) is 23.7. The lowest BCUT2D eigenvalue weighted by Gasteiger charge is -2.72. The Balaban J connectivity index is 1.53. The molecule has 4 saturated carbocycles. The summed E-state index contributed by atoms with van der Waals surface area (Å²) < 4.78 is 5.90. The Hall–Kier alpha value is -0.790. The van der Waals surface area contributed by atoms with Gasteiger partial charge in [0.25, 0.3) is 0 Å². The molecule has 0 aromatic carbocycles. The van der Waals surface area contributed by atoms with Crippen LogP contribution in [0.4, 0.5) is 0 Å². The highest BCUT2D eigenvalue weighted by molar-refractivity contribution is 5.66. The maximum atomic E-state index is 11.9. The van der Waals surface area contributed by atoms with Crippen LogP contribution in [-0.2, 0) is 9.53 Å². The van der Waals surface area contributed by atoms with Crippen molar-refractivity contribution in [3.8, 4) is 0 Å². The fourth-order valence-corrected chi connectivity index (χ4v) is 11.0. The summed E-state index contributed by atoms with van der Waals surface area (Å²) >= 11 is 0. The molecule has 192 valence electrons. The Labute approximate surface area is 210 Å². The molecular weight excluding hydrogens is 416 g/mol. The Morgan fingerprint density at radius 1 is 0.794 bits per heavy atom. The minimum absolute atomic E-state index is 0.0319. The van der Waals surface area contributed by atoms with Crippen molar-refractivity contribution in [1.29, 1.82) is 0 Å². The minimum atomic E-state index is -0.115. The molecule has 0 spiro atoms. The Morgan fingerprint density at radius 2 is 1.47 bits per heavy atom. The second kappa shape index (κ2) is 7.38. The molecule has 0 unspecified atom stereocenters. The van der Waals surface area contributed by atoms with E-state index in [1.807, 2.05) is 0 Å². The number of rotatable bonds is 1. The largest absolute Gasteiger partial charge is 0.462 e. The maximum Gasteiger partial charge on any atom is 0.302 e. The topological polar surface area (TPSA) is 26.3 Å². The minimum Gasteiger partial charge on any atom is -0.462 e. The third kappa shape index (κ3) is 3.21. The van der Waals surface area contributed by atoms with Crippen molar-refractivity contribution in [3.63, 3.8) is 0 Å². The highest BCUT2D eigenvalue weighted by Gasteiger charge is 2.68. The van der Waals surface area contributed by atoms with Gasteiger partial charge in [0.1, 0.15) is 6.10 Å². The van der Waals surface area contributed by atoms with Crippen molar-refractivity contribution in [2.45, 2.75) is 126 Å². The van der Waals surface area contributed by atoms with Crippen LogP contribution in [0.5, 0.6) is 0 Å². The molecule has 9 atom stereocenters. The van der Waals surface area contributed by atoms with E-state index in [-0.39, 0.29) is 22.9 Å². The van der Waals surface area contributed by atoms with Crippen LogP contribution in [0.1, 0.15) is 120 Å². The summed E-state index contributed by atoms with van der Waals surface area (Å²) in [7, 11) is 0. The predicted molar refractivity (Wildman–Crippen MR) is 140 cm³/mol. The summed E-state index contributed by atoms with van der Waals surface area (Å²) in [5.74, 6) is 2.65. The lowest BCUT2D eigenvalue weighted by atomic mass is 9.33. The molecule has 0 radical (unpaired) electrons. The average molecular weight is 469 g/mol. The van der Waals surface area contributed by atoms with Gasteiger partial charge in [-0.25, -0.2) is 0 Å². The van der Waals surface area contributed by atoms with Gasteiger partial charge in [-0.15, -0.1) is 0 Å². The van der Waals surface area contributed by atoms with Gasteiger partial charge in [-0.2, -0.15) is 0 Å². The van der Waals surface area contributed by atoms with Gasteiger partial charge in [0, 0.05) is 12.3 Å². The molecule has 0 bridgehead atoms. The molecular formula is C32H52O2. The van der Waals surface area contributed by atoms with E-state index in [1.165, 1.54) is 51.4 Å². The van der Waals surface area contributed by atoms with E-state index in [9.17, 15) is 4.79 Å². The van der Waals surface area contributed by atoms with E-state index >= 15 is 0 Å². The fourth-order valence-electron chi connectivity index (χ4n) is 11.0. The smallest absolute Gasteiger partial charge is 0.302 e. The second-order valence-electron chi connectivity index (χ2n) is 15.9. The molecule has 5 rings (SSSR count). The predicted octanol–water partition coefficient (Wildman–Crippen LogP) is 8.60. The Bertz CT molecular complexity index is 883. The van der Waals surface area contributed by atoms with Crippen molar-refractivity contribution in [1.82, 2.24) is 0 Å². The summed E-state index contributed by atoms with van der Waals surface area (Å²) in [4.78, 5) is 11.9. The van der Waals surface area contributed by atoms with Crippen LogP contribution in [0.15, 0.2) is 12.2 Å². The van der Waals surface area contributed by atoms with E-state index in [2.05, 4.69) is 67.5 Å². The SMILES string of the molecule is CC(=O)O[C@H]1CC[C@]2(C)[C@H]3C=C[C@@H]4[C@H]5CC(C)(C)CC[C@]5(C)CC[C@@]4(C)[C@]3(C)CC[C@H]2C1(C)C. The third-order valence-corrected chi connectivity index (χ3v) is 13.4. The lowest BCUT2D eigenvalue weighted by molar-refractivity contribution is -0.222. The first-order valence-corrected chi connectivity index (χ1v) is 14.4. The molecule has 2 heteroatoms. The lowest BCUT2D eigenvalue weighted by Crippen LogP contribution is -2.65. The summed E-state index contributed by atoms with van der Waals surface area (Å²) in [6, 6.07) is 0. The van der Waals surface area contributed by atoms with Crippen molar-refractivity contribution >= 4 is 5.97 Å². The highest BCUT2D eigenvalue weighted by atomic mass is 16.5. The normalized spacial score (nSPS) is 53.0. The average Bonchev–Trinajstić information content (AvgIpc) is 2.72. The van der Waals surface area contributed by atoms with E-state index < -0.39 is 0 Å². The number of carbonyl (C=O) groups excluding carboxylic acids is 1. The van der Waals surface area contributed by atoms with Crippen LogP contribution in [0, 0.1) is 56.2 Å². The number of fused-ring (bicyclic) bond motifs is 7. The second-order valence-corrected chi connectivity index (χ2v) is 15.9. The van der Waals surface area contributed by atoms with Crippen molar-refractivity contribution in [3.05, 3.63) is 12.2 Å². The molecule has 2 nitrogen and oxygen atoms in total. The van der Waals surface area contributed by atoms with E-state index in [0.717, 1.165) is 18.3 Å². The summed E-state index contributed by atoms with van der Waals surface area (Å²) in [5.41, 5.74) is 2.06. The number of hydrogen-bond donors (Lipinski definition) is 0. The fraction of sp³-hybridized carbons (Fsp3) is 0.906. The number of ether oxygens (including phenoxy) is 1. The first-order valence-electron chi connectivity index (χ1n) is 14.4. The molecule has 0 aliphatic heterocycles. The Morgan fingerprint density at radius 3 is 2.15 bits per heavy atom. The van der Waals surface area contributed by atoms with Crippen LogP contribution in [0.3, 0.4) is 0 Å². The molecule has 34 heavy (non-hydrogen) atoms. The maximum absolute atomic E-state index is 11.9. The molecule has 0 aromatic rings. The van der Waals surface area contributed by atoms with E-state index in [0.29, 0.717) is 33.5 Å². The summed E-state index contributed by atoms with van der Waals surface area (Å²) in [6.07, 6.45) is 17.3. The van der Waals surface area contributed by atoms with Crippen LogP contribution < -0.4 is 0 Å². The molecule has 0 aromatic heterocycles. The van der Waals surface area contributed by atoms with Crippen LogP contribution in [-0.4, -0.2) is 12.1 Å². The number of allylic oxidation sites excluding steroid dienone is 2. The molecule has 0 saturated heterocycles. The van der Waals surface area contributed by atoms with Crippen LogP contribution in [0.25, 0.3) is 0 Å². The monoisotopic (exact) mass is 468 g/mol. The molecule has 0 amide bonds. The molecule has 0 N–H and O–H groups in total. The van der Waals surface area contributed by atoms with Crippen molar-refractivity contribution < 1.29 is 9.53 Å². The molecule has 5 aliphatic carbocycles. The van der Waals surface area contributed by atoms with Crippen molar-refractivity contribution in [2.75, 3.05) is 0 Å².